The zero-order valence-electron chi connectivity index (χ0n) is 11.3. The minimum atomic E-state index is -0.199. The lowest BCUT2D eigenvalue weighted by molar-refractivity contribution is 0.625. The van der Waals surface area contributed by atoms with Crippen LogP contribution >= 0.6 is 11.8 Å². The molecule has 1 nitrogen and oxygen atoms in total. The molecule has 2 N–H and O–H groups in total. The fraction of sp³-hybridized carbons (Fsp3) is 0.294. The Morgan fingerprint density at radius 1 is 1.10 bits per heavy atom. The molecule has 1 atom stereocenters. The fourth-order valence-electron chi connectivity index (χ4n) is 2.74. The standard InChI is InChI=1S/C17H18FNS/c18-15-6-2-5-14(9-15)17(11-19)20-16-8-7-12-3-1-4-13(12)10-16/h2,5-10,17H,1,3-4,11,19H2. The summed E-state index contributed by atoms with van der Waals surface area (Å²) in [6.45, 7) is 0.505. The largest absolute Gasteiger partial charge is 0.329 e. The molecular formula is C17H18FNS. The second-order valence-electron chi connectivity index (χ2n) is 5.18. The second-order valence-corrected chi connectivity index (χ2v) is 6.46. The van der Waals surface area contributed by atoms with E-state index in [1.54, 1.807) is 23.9 Å². The maximum Gasteiger partial charge on any atom is 0.123 e. The highest BCUT2D eigenvalue weighted by Crippen LogP contribution is 2.36. The lowest BCUT2D eigenvalue weighted by Gasteiger charge is -2.15. The molecule has 0 bridgehead atoms. The molecule has 0 amide bonds. The summed E-state index contributed by atoms with van der Waals surface area (Å²) in [5.74, 6) is -0.199. The van der Waals surface area contributed by atoms with Crippen molar-refractivity contribution in [1.82, 2.24) is 0 Å². The lowest BCUT2D eigenvalue weighted by atomic mass is 10.1. The first-order valence-electron chi connectivity index (χ1n) is 7.00. The predicted molar refractivity (Wildman–Crippen MR) is 82.5 cm³/mol. The van der Waals surface area contributed by atoms with Crippen molar-refractivity contribution in [3.63, 3.8) is 0 Å². The maximum absolute atomic E-state index is 13.3. The molecule has 2 aromatic rings. The van der Waals surface area contributed by atoms with E-state index in [1.165, 1.54) is 41.4 Å². The van der Waals surface area contributed by atoms with E-state index in [1.807, 2.05) is 6.07 Å². The van der Waals surface area contributed by atoms with Crippen LogP contribution in [0.25, 0.3) is 0 Å². The third-order valence-corrected chi connectivity index (χ3v) is 5.06. The highest BCUT2D eigenvalue weighted by atomic mass is 32.2. The lowest BCUT2D eigenvalue weighted by Crippen LogP contribution is -2.09. The van der Waals surface area contributed by atoms with Gasteiger partial charge in [0.2, 0.25) is 0 Å². The second kappa shape index (κ2) is 5.98. The molecule has 0 fully saturated rings. The summed E-state index contributed by atoms with van der Waals surface area (Å²) in [4.78, 5) is 1.23. The summed E-state index contributed by atoms with van der Waals surface area (Å²) in [5, 5.41) is 0.102. The van der Waals surface area contributed by atoms with Crippen LogP contribution in [0, 0.1) is 5.82 Å². The van der Waals surface area contributed by atoms with Gasteiger partial charge in [0, 0.05) is 16.7 Å². The summed E-state index contributed by atoms with van der Waals surface area (Å²) in [7, 11) is 0. The number of hydrogen-bond donors (Lipinski definition) is 1. The quantitative estimate of drug-likeness (QED) is 0.857. The molecule has 0 saturated heterocycles. The monoisotopic (exact) mass is 287 g/mol. The molecule has 0 radical (unpaired) electrons. The molecule has 1 unspecified atom stereocenters. The zero-order valence-corrected chi connectivity index (χ0v) is 12.1. The molecule has 20 heavy (non-hydrogen) atoms. The fourth-order valence-corrected chi connectivity index (χ4v) is 3.81. The number of aryl methyl sites for hydroxylation is 2. The van der Waals surface area contributed by atoms with Gasteiger partial charge in [-0.25, -0.2) is 4.39 Å². The molecule has 2 aromatic carbocycles. The topological polar surface area (TPSA) is 26.0 Å². The Hall–Kier alpha value is -1.32. The molecule has 0 saturated carbocycles. The van der Waals surface area contributed by atoms with E-state index in [9.17, 15) is 4.39 Å². The van der Waals surface area contributed by atoms with Crippen molar-refractivity contribution in [2.24, 2.45) is 5.73 Å². The Morgan fingerprint density at radius 3 is 2.75 bits per heavy atom. The Kier molecular flexibility index (Phi) is 4.08. The Morgan fingerprint density at radius 2 is 1.95 bits per heavy atom. The van der Waals surface area contributed by atoms with Crippen molar-refractivity contribution < 1.29 is 4.39 Å². The number of rotatable bonds is 4. The maximum atomic E-state index is 13.3. The Balaban J connectivity index is 1.81. The summed E-state index contributed by atoms with van der Waals surface area (Å²) < 4.78 is 13.3. The van der Waals surface area contributed by atoms with Crippen LogP contribution < -0.4 is 5.73 Å². The van der Waals surface area contributed by atoms with Crippen LogP contribution in [0.2, 0.25) is 0 Å². The minimum absolute atomic E-state index is 0.102. The average molecular weight is 287 g/mol. The minimum Gasteiger partial charge on any atom is -0.329 e. The van der Waals surface area contributed by atoms with Crippen LogP contribution in [0.5, 0.6) is 0 Å². The van der Waals surface area contributed by atoms with E-state index in [2.05, 4.69) is 18.2 Å². The van der Waals surface area contributed by atoms with Gasteiger partial charge in [-0.05, 0) is 60.2 Å². The van der Waals surface area contributed by atoms with E-state index in [4.69, 9.17) is 5.73 Å². The Labute approximate surface area is 123 Å². The molecule has 3 heteroatoms. The van der Waals surface area contributed by atoms with Gasteiger partial charge >= 0.3 is 0 Å². The zero-order chi connectivity index (χ0) is 13.9. The van der Waals surface area contributed by atoms with Gasteiger partial charge in [0.05, 0.1) is 0 Å². The first kappa shape index (κ1) is 13.7. The molecule has 1 aliphatic rings. The Bertz CT molecular complexity index is 612. The van der Waals surface area contributed by atoms with Gasteiger partial charge in [-0.15, -0.1) is 11.8 Å². The van der Waals surface area contributed by atoms with Gasteiger partial charge in [-0.3, -0.25) is 0 Å². The first-order chi connectivity index (χ1) is 9.76. The van der Waals surface area contributed by atoms with E-state index in [-0.39, 0.29) is 11.1 Å². The average Bonchev–Trinajstić information content (AvgIpc) is 2.92. The van der Waals surface area contributed by atoms with E-state index < -0.39 is 0 Å². The molecule has 1 aliphatic carbocycles. The first-order valence-corrected chi connectivity index (χ1v) is 7.88. The number of hydrogen-bond acceptors (Lipinski definition) is 2. The van der Waals surface area contributed by atoms with Gasteiger partial charge in [0.25, 0.3) is 0 Å². The van der Waals surface area contributed by atoms with Gasteiger partial charge in [-0.2, -0.15) is 0 Å². The van der Waals surface area contributed by atoms with Crippen LogP contribution in [0.4, 0.5) is 4.39 Å². The normalized spacial score (nSPS) is 15.1. The van der Waals surface area contributed by atoms with Crippen molar-refractivity contribution >= 4 is 11.8 Å². The molecule has 0 aromatic heterocycles. The third kappa shape index (κ3) is 2.89. The number of halogens is 1. The van der Waals surface area contributed by atoms with E-state index in [0.29, 0.717) is 6.54 Å². The van der Waals surface area contributed by atoms with Crippen molar-refractivity contribution in [3.8, 4) is 0 Å². The van der Waals surface area contributed by atoms with Gasteiger partial charge < -0.3 is 5.73 Å². The van der Waals surface area contributed by atoms with Gasteiger partial charge in [-0.1, -0.05) is 18.2 Å². The number of thioether (sulfide) groups is 1. The molecule has 0 heterocycles. The molecule has 104 valence electrons. The summed E-state index contributed by atoms with van der Waals surface area (Å²) in [5.41, 5.74) is 9.77. The highest BCUT2D eigenvalue weighted by Gasteiger charge is 2.15. The predicted octanol–water partition coefficient (Wildman–Crippen LogP) is 4.11. The van der Waals surface area contributed by atoms with Crippen LogP contribution in [-0.4, -0.2) is 6.54 Å². The van der Waals surface area contributed by atoms with Crippen molar-refractivity contribution in [2.75, 3.05) is 6.54 Å². The molecule has 3 rings (SSSR count). The summed E-state index contributed by atoms with van der Waals surface area (Å²) >= 11 is 1.72. The number of fused-ring (bicyclic) bond motifs is 1. The van der Waals surface area contributed by atoms with Crippen molar-refractivity contribution in [3.05, 3.63) is 65.0 Å². The number of benzene rings is 2. The van der Waals surface area contributed by atoms with Crippen LogP contribution in [-0.2, 0) is 12.8 Å². The third-order valence-electron chi connectivity index (χ3n) is 3.78. The van der Waals surface area contributed by atoms with E-state index in [0.717, 1.165) is 5.56 Å². The van der Waals surface area contributed by atoms with Crippen molar-refractivity contribution in [2.45, 2.75) is 29.4 Å². The highest BCUT2D eigenvalue weighted by molar-refractivity contribution is 7.99. The SMILES string of the molecule is NCC(Sc1ccc2c(c1)CCC2)c1cccc(F)c1. The number of nitrogens with two attached hydrogens (primary N) is 1. The summed E-state index contributed by atoms with van der Waals surface area (Å²) in [6.07, 6.45) is 3.63. The molecule has 0 aliphatic heterocycles. The van der Waals surface area contributed by atoms with Crippen LogP contribution in [0.15, 0.2) is 47.4 Å². The summed E-state index contributed by atoms with van der Waals surface area (Å²) in [6, 6.07) is 13.4. The van der Waals surface area contributed by atoms with Crippen molar-refractivity contribution in [1.29, 1.82) is 0 Å². The van der Waals surface area contributed by atoms with Gasteiger partial charge in [0.1, 0.15) is 5.82 Å². The van der Waals surface area contributed by atoms with Gasteiger partial charge in [0.15, 0.2) is 0 Å². The van der Waals surface area contributed by atoms with Crippen LogP contribution in [0.3, 0.4) is 0 Å². The van der Waals surface area contributed by atoms with Crippen LogP contribution in [0.1, 0.15) is 28.4 Å². The van der Waals surface area contributed by atoms with E-state index >= 15 is 0 Å². The molecular weight excluding hydrogens is 269 g/mol. The smallest absolute Gasteiger partial charge is 0.123 e. The molecule has 0 spiro atoms.